The number of methoxy groups -OCH3 is 1. The first-order valence-electron chi connectivity index (χ1n) is 9.18. The molecular weight excluding hydrogens is 304 g/mol. The number of hydrogen-bond acceptors (Lipinski definition) is 4. The van der Waals surface area contributed by atoms with Crippen LogP contribution in [0.4, 0.5) is 0 Å². The number of piperidine rings is 1. The lowest BCUT2D eigenvalue weighted by Gasteiger charge is -2.35. The van der Waals surface area contributed by atoms with E-state index in [2.05, 4.69) is 21.8 Å². The Bertz CT molecular complexity index is 571. The number of carbonyl (C=O) groups is 1. The third kappa shape index (κ3) is 3.49. The van der Waals surface area contributed by atoms with E-state index >= 15 is 0 Å². The fourth-order valence-electron chi connectivity index (χ4n) is 4.09. The number of rotatable bonds is 6. The summed E-state index contributed by atoms with van der Waals surface area (Å²) in [5.74, 6) is 0.732. The van der Waals surface area contributed by atoms with E-state index in [1.165, 1.54) is 12.8 Å². The summed E-state index contributed by atoms with van der Waals surface area (Å²) in [7, 11) is 1.75. The molecule has 0 radical (unpaired) electrons. The average molecular weight is 334 g/mol. The number of hydrogen-bond donors (Lipinski definition) is 0. The number of aromatic nitrogens is 2. The maximum atomic E-state index is 13.1. The van der Waals surface area contributed by atoms with E-state index in [4.69, 9.17) is 4.74 Å². The summed E-state index contributed by atoms with van der Waals surface area (Å²) in [6.45, 7) is 9.53. The summed E-state index contributed by atoms with van der Waals surface area (Å²) < 4.78 is 7.19. The Morgan fingerprint density at radius 1 is 1.29 bits per heavy atom. The SMILES string of the molecule is CCCn1ncc(C(=O)N2C[C@H]3CC[C@@H](C2)N(CCOC)C3)c1C. The molecule has 3 saturated heterocycles. The van der Waals surface area contributed by atoms with Crippen LogP contribution in [0.15, 0.2) is 6.20 Å². The van der Waals surface area contributed by atoms with Gasteiger partial charge >= 0.3 is 0 Å². The molecule has 6 nitrogen and oxygen atoms in total. The summed E-state index contributed by atoms with van der Waals surface area (Å²) >= 11 is 0. The zero-order valence-corrected chi connectivity index (χ0v) is 15.2. The van der Waals surface area contributed by atoms with Crippen LogP contribution in [0.25, 0.3) is 0 Å². The number of ether oxygens (including phenoxy) is 1. The van der Waals surface area contributed by atoms with Crippen LogP contribution in [0.1, 0.15) is 42.2 Å². The summed E-state index contributed by atoms with van der Waals surface area (Å²) in [6, 6.07) is 0.467. The van der Waals surface area contributed by atoms with Gasteiger partial charge in [-0.2, -0.15) is 5.10 Å². The summed E-state index contributed by atoms with van der Waals surface area (Å²) in [6.07, 6.45) is 5.19. The van der Waals surface area contributed by atoms with Crippen LogP contribution in [0.3, 0.4) is 0 Å². The van der Waals surface area contributed by atoms with Crippen molar-refractivity contribution in [1.29, 1.82) is 0 Å². The van der Waals surface area contributed by atoms with Gasteiger partial charge in [-0.05, 0) is 32.1 Å². The number of carbonyl (C=O) groups excluding carboxylic acids is 1. The molecule has 1 aromatic rings. The normalized spacial score (nSPS) is 24.4. The molecule has 6 heteroatoms. The molecule has 0 aromatic carbocycles. The molecule has 4 heterocycles. The fraction of sp³-hybridized carbons (Fsp3) is 0.778. The van der Waals surface area contributed by atoms with Gasteiger partial charge in [0, 0.05) is 51.6 Å². The molecule has 0 unspecified atom stereocenters. The van der Waals surface area contributed by atoms with Crippen molar-refractivity contribution in [2.24, 2.45) is 5.92 Å². The predicted molar refractivity (Wildman–Crippen MR) is 93.1 cm³/mol. The monoisotopic (exact) mass is 334 g/mol. The Hall–Kier alpha value is -1.40. The van der Waals surface area contributed by atoms with Gasteiger partial charge in [0.1, 0.15) is 0 Å². The van der Waals surface area contributed by atoms with Crippen molar-refractivity contribution in [2.45, 2.75) is 45.7 Å². The molecular formula is C18H30N4O2. The van der Waals surface area contributed by atoms with Crippen molar-refractivity contribution >= 4 is 5.91 Å². The predicted octanol–water partition coefficient (Wildman–Crippen LogP) is 1.78. The van der Waals surface area contributed by atoms with E-state index in [0.29, 0.717) is 12.0 Å². The molecule has 1 amide bonds. The van der Waals surface area contributed by atoms with E-state index in [-0.39, 0.29) is 5.91 Å². The maximum Gasteiger partial charge on any atom is 0.257 e. The minimum Gasteiger partial charge on any atom is -0.383 e. The van der Waals surface area contributed by atoms with Gasteiger partial charge in [0.2, 0.25) is 0 Å². The standard InChI is InChI=1S/C18H30N4O2/c1-4-7-22-14(2)17(10-19-22)18(23)21-12-15-5-6-16(13-21)20(11-15)8-9-24-3/h10,15-16H,4-9,11-13H2,1-3H3/t15-,16-/m0/s1. The summed E-state index contributed by atoms with van der Waals surface area (Å²) in [5.41, 5.74) is 1.77. The Morgan fingerprint density at radius 3 is 2.88 bits per heavy atom. The van der Waals surface area contributed by atoms with Gasteiger partial charge in [0.15, 0.2) is 0 Å². The van der Waals surface area contributed by atoms with Crippen LogP contribution in [0.2, 0.25) is 0 Å². The van der Waals surface area contributed by atoms with Crippen LogP contribution >= 0.6 is 0 Å². The first kappa shape index (κ1) is 17.4. The van der Waals surface area contributed by atoms with Crippen LogP contribution in [0.5, 0.6) is 0 Å². The highest BCUT2D eigenvalue weighted by Gasteiger charge is 2.36. The van der Waals surface area contributed by atoms with E-state index < -0.39 is 0 Å². The van der Waals surface area contributed by atoms with Gasteiger partial charge in [0.05, 0.1) is 18.4 Å². The highest BCUT2D eigenvalue weighted by molar-refractivity contribution is 5.95. The van der Waals surface area contributed by atoms with Crippen LogP contribution < -0.4 is 0 Å². The number of nitrogens with zero attached hydrogens (tertiary/aromatic N) is 4. The summed E-state index contributed by atoms with van der Waals surface area (Å²) in [4.78, 5) is 17.6. The zero-order valence-electron chi connectivity index (χ0n) is 15.2. The Kier molecular flexibility index (Phi) is 5.56. The van der Waals surface area contributed by atoms with Gasteiger partial charge < -0.3 is 9.64 Å². The van der Waals surface area contributed by atoms with Gasteiger partial charge in [0.25, 0.3) is 5.91 Å². The zero-order chi connectivity index (χ0) is 17.1. The van der Waals surface area contributed by atoms with Gasteiger partial charge in [-0.25, -0.2) is 0 Å². The third-order valence-electron chi connectivity index (χ3n) is 5.47. The molecule has 24 heavy (non-hydrogen) atoms. The quantitative estimate of drug-likeness (QED) is 0.796. The van der Waals surface area contributed by atoms with E-state index in [1.807, 2.05) is 11.6 Å². The van der Waals surface area contributed by atoms with E-state index in [0.717, 1.165) is 57.0 Å². The average Bonchev–Trinajstić information content (AvgIpc) is 2.77. The molecule has 0 spiro atoms. The van der Waals surface area contributed by atoms with Crippen LogP contribution in [0, 0.1) is 12.8 Å². The molecule has 1 aromatic heterocycles. The first-order chi connectivity index (χ1) is 11.6. The molecule has 2 bridgehead atoms. The van der Waals surface area contributed by atoms with Crippen molar-refractivity contribution in [2.75, 3.05) is 39.9 Å². The van der Waals surface area contributed by atoms with Crippen LogP contribution in [-0.4, -0.2) is 71.4 Å². The number of amides is 1. The van der Waals surface area contributed by atoms with Crippen molar-refractivity contribution in [1.82, 2.24) is 19.6 Å². The lowest BCUT2D eigenvalue weighted by Crippen LogP contribution is -2.45. The molecule has 4 rings (SSSR count). The molecule has 0 saturated carbocycles. The largest absolute Gasteiger partial charge is 0.383 e. The fourth-order valence-corrected chi connectivity index (χ4v) is 4.09. The molecule has 3 fully saturated rings. The molecule has 0 N–H and O–H groups in total. The van der Waals surface area contributed by atoms with Gasteiger partial charge in [-0.1, -0.05) is 6.92 Å². The molecule has 0 aliphatic carbocycles. The first-order valence-corrected chi connectivity index (χ1v) is 9.18. The van der Waals surface area contributed by atoms with E-state index in [9.17, 15) is 4.79 Å². The highest BCUT2D eigenvalue weighted by atomic mass is 16.5. The second kappa shape index (κ2) is 7.66. The molecule has 3 aliphatic rings. The molecule has 3 aliphatic heterocycles. The Labute approximate surface area is 144 Å². The maximum absolute atomic E-state index is 13.1. The van der Waals surface area contributed by atoms with Gasteiger partial charge in [-0.15, -0.1) is 0 Å². The Balaban J connectivity index is 1.72. The second-order valence-electron chi connectivity index (χ2n) is 7.16. The minimum absolute atomic E-state index is 0.153. The summed E-state index contributed by atoms with van der Waals surface area (Å²) in [5, 5.41) is 4.40. The van der Waals surface area contributed by atoms with Crippen molar-refractivity contribution in [3.8, 4) is 0 Å². The third-order valence-corrected chi connectivity index (χ3v) is 5.47. The van der Waals surface area contributed by atoms with E-state index in [1.54, 1.807) is 13.3 Å². The van der Waals surface area contributed by atoms with Gasteiger partial charge in [-0.3, -0.25) is 14.4 Å². The smallest absolute Gasteiger partial charge is 0.257 e. The lowest BCUT2D eigenvalue weighted by molar-refractivity contribution is 0.0717. The Morgan fingerprint density at radius 2 is 2.12 bits per heavy atom. The molecule has 2 atom stereocenters. The minimum atomic E-state index is 0.153. The van der Waals surface area contributed by atoms with Crippen molar-refractivity contribution < 1.29 is 9.53 Å². The highest BCUT2D eigenvalue weighted by Crippen LogP contribution is 2.28. The van der Waals surface area contributed by atoms with Crippen molar-refractivity contribution in [3.05, 3.63) is 17.5 Å². The topological polar surface area (TPSA) is 50.6 Å². The lowest BCUT2D eigenvalue weighted by atomic mass is 9.95. The molecule has 134 valence electrons. The van der Waals surface area contributed by atoms with Crippen LogP contribution in [-0.2, 0) is 11.3 Å². The number of aryl methyl sites for hydroxylation is 1. The number of fused-ring (bicyclic) bond motifs is 4. The van der Waals surface area contributed by atoms with Crippen molar-refractivity contribution in [3.63, 3.8) is 0 Å². The second-order valence-corrected chi connectivity index (χ2v) is 7.16.